The van der Waals surface area contributed by atoms with Crippen LogP contribution in [-0.2, 0) is 0 Å². The summed E-state index contributed by atoms with van der Waals surface area (Å²) in [4.78, 5) is 33.7. The van der Waals surface area contributed by atoms with E-state index in [1.165, 1.54) is 23.1 Å². The number of benzene rings is 1. The van der Waals surface area contributed by atoms with Crippen LogP contribution < -0.4 is 4.74 Å². The Morgan fingerprint density at radius 1 is 1.34 bits per heavy atom. The highest BCUT2D eigenvalue weighted by Gasteiger charge is 2.35. The van der Waals surface area contributed by atoms with E-state index >= 15 is 0 Å². The molecule has 1 aromatic heterocycles. The summed E-state index contributed by atoms with van der Waals surface area (Å²) in [6.07, 6.45) is 1.02. The summed E-state index contributed by atoms with van der Waals surface area (Å²) in [6.45, 7) is 7.87. The Balaban J connectivity index is 1.96. The maximum atomic E-state index is 14.2. The van der Waals surface area contributed by atoms with Gasteiger partial charge in [-0.25, -0.2) is 9.37 Å². The average molecular weight is 482 g/mol. The third kappa shape index (κ3) is 6.17. The Kier molecular flexibility index (Phi) is 8.47. The first-order valence-electron chi connectivity index (χ1n) is 11.7. The second-order valence-corrected chi connectivity index (χ2v) is 9.29. The summed E-state index contributed by atoms with van der Waals surface area (Å²) < 4.78 is 20.4. The fraction of sp³-hybridized carbons (Fsp3) is 0.444. The molecule has 0 unspecified atom stereocenters. The van der Waals surface area contributed by atoms with E-state index in [0.717, 1.165) is 0 Å². The van der Waals surface area contributed by atoms with Gasteiger partial charge in [0.05, 0.1) is 24.8 Å². The fourth-order valence-corrected chi connectivity index (χ4v) is 3.81. The van der Waals surface area contributed by atoms with Crippen molar-refractivity contribution in [1.82, 2.24) is 14.8 Å². The van der Waals surface area contributed by atoms with Crippen molar-refractivity contribution in [3.63, 3.8) is 0 Å². The standard InChI is InChI=1S/C27H32FN3O4/c1-17(2)10-11-20-12-22-25(29-13-20)35-24(18(3)14-31(27(22)34)19(4)16-32)15-30(5)26(33)21-8-6-7-9-23(21)28/h6-9,12-13,17-19,24,32H,14-16H2,1-5H3/t18-,19+,24-/m1/s1. The van der Waals surface area contributed by atoms with Crippen LogP contribution in [0.15, 0.2) is 36.5 Å². The molecule has 0 spiro atoms. The van der Waals surface area contributed by atoms with Gasteiger partial charge in [0.1, 0.15) is 17.5 Å². The first kappa shape index (κ1) is 26.2. The number of rotatable bonds is 5. The van der Waals surface area contributed by atoms with Crippen molar-refractivity contribution in [1.29, 1.82) is 0 Å². The van der Waals surface area contributed by atoms with Crippen LogP contribution in [0.3, 0.4) is 0 Å². The minimum atomic E-state index is -0.591. The van der Waals surface area contributed by atoms with Gasteiger partial charge in [-0.05, 0) is 25.1 Å². The van der Waals surface area contributed by atoms with Gasteiger partial charge in [-0.3, -0.25) is 9.59 Å². The number of ether oxygens (including phenoxy) is 1. The molecule has 2 heterocycles. The minimum absolute atomic E-state index is 0.0221. The summed E-state index contributed by atoms with van der Waals surface area (Å²) in [5.74, 6) is 4.81. The van der Waals surface area contributed by atoms with Crippen molar-refractivity contribution >= 4 is 11.8 Å². The molecule has 0 radical (unpaired) electrons. The fourth-order valence-electron chi connectivity index (χ4n) is 3.81. The first-order chi connectivity index (χ1) is 16.6. The lowest BCUT2D eigenvalue weighted by atomic mass is 9.99. The molecule has 2 aromatic rings. The number of pyridine rings is 1. The first-order valence-corrected chi connectivity index (χ1v) is 11.7. The third-order valence-corrected chi connectivity index (χ3v) is 5.93. The molecular weight excluding hydrogens is 449 g/mol. The number of amides is 2. The summed E-state index contributed by atoms with van der Waals surface area (Å²) in [5.41, 5.74) is 0.815. The zero-order chi connectivity index (χ0) is 25.7. The van der Waals surface area contributed by atoms with Crippen molar-refractivity contribution in [3.05, 3.63) is 59.0 Å². The molecule has 8 heteroatoms. The smallest absolute Gasteiger partial charge is 0.259 e. The van der Waals surface area contributed by atoms with Crippen molar-refractivity contribution in [3.8, 4) is 17.7 Å². The third-order valence-electron chi connectivity index (χ3n) is 5.93. The van der Waals surface area contributed by atoms with Crippen molar-refractivity contribution in [2.45, 2.75) is 39.8 Å². The van der Waals surface area contributed by atoms with Gasteiger partial charge in [-0.2, -0.15) is 0 Å². The molecule has 0 saturated heterocycles. The Morgan fingerprint density at radius 3 is 2.71 bits per heavy atom. The lowest BCUT2D eigenvalue weighted by Crippen LogP contribution is -2.50. The predicted octanol–water partition coefficient (Wildman–Crippen LogP) is 3.22. The number of aliphatic hydroxyl groups excluding tert-OH is 1. The number of hydrogen-bond acceptors (Lipinski definition) is 5. The van der Waals surface area contributed by atoms with E-state index in [0.29, 0.717) is 12.1 Å². The number of aliphatic hydroxyl groups is 1. The number of likely N-dealkylation sites (N-methyl/N-ethyl adjacent to an activating group) is 1. The second-order valence-electron chi connectivity index (χ2n) is 9.29. The second kappa shape index (κ2) is 11.3. The number of carbonyl (C=O) groups excluding carboxylic acids is 2. The average Bonchev–Trinajstić information content (AvgIpc) is 2.84. The molecule has 35 heavy (non-hydrogen) atoms. The topological polar surface area (TPSA) is 83.0 Å². The van der Waals surface area contributed by atoms with Crippen LogP contribution in [0.1, 0.15) is 54.0 Å². The largest absolute Gasteiger partial charge is 0.472 e. The van der Waals surface area contributed by atoms with Crippen molar-refractivity contribution < 1.29 is 23.8 Å². The summed E-state index contributed by atoms with van der Waals surface area (Å²) in [5, 5.41) is 9.79. The van der Waals surface area contributed by atoms with E-state index in [4.69, 9.17) is 4.74 Å². The number of halogens is 1. The highest BCUT2D eigenvalue weighted by molar-refractivity contribution is 5.97. The Bertz CT molecular complexity index is 1140. The van der Waals surface area contributed by atoms with Crippen molar-refractivity contribution in [2.75, 3.05) is 26.7 Å². The van der Waals surface area contributed by atoms with Crippen LogP contribution in [0.4, 0.5) is 4.39 Å². The molecule has 1 N–H and O–H groups in total. The number of carbonyl (C=O) groups is 2. The lowest BCUT2D eigenvalue weighted by molar-refractivity contribution is 0.0312. The van der Waals surface area contributed by atoms with E-state index < -0.39 is 23.9 Å². The molecule has 7 nitrogen and oxygen atoms in total. The zero-order valence-electron chi connectivity index (χ0n) is 20.8. The van der Waals surface area contributed by atoms with Crippen LogP contribution in [0.2, 0.25) is 0 Å². The molecule has 1 aromatic carbocycles. The van der Waals surface area contributed by atoms with Gasteiger partial charge >= 0.3 is 0 Å². The highest BCUT2D eigenvalue weighted by atomic mass is 19.1. The maximum absolute atomic E-state index is 14.2. The summed E-state index contributed by atoms with van der Waals surface area (Å²) >= 11 is 0. The van der Waals surface area contributed by atoms with Gasteiger partial charge in [0.15, 0.2) is 0 Å². The molecular formula is C27H32FN3O4. The van der Waals surface area contributed by atoms with Crippen LogP contribution in [0.5, 0.6) is 5.88 Å². The SMILES string of the molecule is CC(C)C#Cc1cnc2c(c1)C(=O)N([C@@H](C)CO)C[C@@H](C)[C@@H](CN(C)C(=O)c1ccccc1F)O2. The van der Waals surface area contributed by atoms with Gasteiger partial charge < -0.3 is 19.6 Å². The zero-order valence-corrected chi connectivity index (χ0v) is 20.8. The summed E-state index contributed by atoms with van der Waals surface area (Å²) in [6, 6.07) is 7.05. The van der Waals surface area contributed by atoms with Gasteiger partial charge in [-0.15, -0.1) is 0 Å². The van der Waals surface area contributed by atoms with E-state index in [1.54, 1.807) is 37.2 Å². The maximum Gasteiger partial charge on any atom is 0.259 e. The van der Waals surface area contributed by atoms with Gasteiger partial charge in [0.25, 0.3) is 11.8 Å². The van der Waals surface area contributed by atoms with Crippen molar-refractivity contribution in [2.24, 2.45) is 11.8 Å². The van der Waals surface area contributed by atoms with E-state index in [9.17, 15) is 19.1 Å². The molecule has 1 aliphatic heterocycles. The van der Waals surface area contributed by atoms with E-state index in [2.05, 4.69) is 16.8 Å². The van der Waals surface area contributed by atoms with E-state index in [1.807, 2.05) is 20.8 Å². The highest BCUT2D eigenvalue weighted by Crippen LogP contribution is 2.27. The van der Waals surface area contributed by atoms with Crippen LogP contribution in [0, 0.1) is 29.5 Å². The Labute approximate surface area is 205 Å². The predicted molar refractivity (Wildman–Crippen MR) is 130 cm³/mol. The summed E-state index contributed by atoms with van der Waals surface area (Å²) in [7, 11) is 1.59. The molecule has 2 amide bonds. The number of hydrogen-bond donors (Lipinski definition) is 1. The Morgan fingerprint density at radius 2 is 2.06 bits per heavy atom. The van der Waals surface area contributed by atoms with Crippen LogP contribution in [-0.4, -0.2) is 70.6 Å². The molecule has 3 rings (SSSR count). The van der Waals surface area contributed by atoms with Crippen LogP contribution in [0.25, 0.3) is 0 Å². The molecule has 1 aliphatic rings. The number of aromatic nitrogens is 1. The molecule has 3 atom stereocenters. The Hall–Kier alpha value is -3.44. The van der Waals surface area contributed by atoms with Gasteiger partial charge in [0.2, 0.25) is 5.88 Å². The van der Waals surface area contributed by atoms with Crippen LogP contribution >= 0.6 is 0 Å². The normalized spacial score (nSPS) is 18.5. The molecule has 0 saturated carbocycles. The lowest BCUT2D eigenvalue weighted by Gasteiger charge is -2.37. The monoisotopic (exact) mass is 481 g/mol. The quantitative estimate of drug-likeness (QED) is 0.663. The van der Waals surface area contributed by atoms with Gasteiger partial charge in [-0.1, -0.05) is 44.7 Å². The van der Waals surface area contributed by atoms with E-state index in [-0.39, 0.29) is 47.9 Å². The molecule has 0 aliphatic carbocycles. The minimum Gasteiger partial charge on any atom is -0.472 e. The van der Waals surface area contributed by atoms with Gasteiger partial charge in [0, 0.05) is 37.2 Å². The molecule has 186 valence electrons. The molecule has 0 bridgehead atoms. The number of fused-ring (bicyclic) bond motifs is 1. The number of nitrogens with zero attached hydrogens (tertiary/aromatic N) is 3. The molecule has 0 fully saturated rings.